The molecule has 3 nitrogen and oxygen atoms in total. The molecule has 0 amide bonds. The van der Waals surface area contributed by atoms with Crippen LogP contribution in [0.25, 0.3) is 12.2 Å². The molecule has 0 N–H and O–H groups in total. The molecule has 0 aliphatic heterocycles. The number of benzene rings is 4. The van der Waals surface area contributed by atoms with E-state index in [-0.39, 0.29) is 5.04 Å². The average Bonchev–Trinajstić information content (AvgIpc) is 2.91. The molecule has 0 aliphatic carbocycles. The molecule has 0 saturated heterocycles. The van der Waals surface area contributed by atoms with Gasteiger partial charge in [0.25, 0.3) is 0 Å². The van der Waals surface area contributed by atoms with Crippen molar-refractivity contribution in [1.29, 1.82) is 0 Å². The van der Waals surface area contributed by atoms with E-state index < -0.39 is 8.32 Å². The normalized spacial score (nSPS) is 12.0. The summed E-state index contributed by atoms with van der Waals surface area (Å²) in [4.78, 5) is 0. The number of hydrogen-bond donors (Lipinski definition) is 0. The van der Waals surface area contributed by atoms with Crippen LogP contribution < -0.4 is 24.3 Å². The van der Waals surface area contributed by atoms with E-state index >= 15 is 0 Å². The minimum absolute atomic E-state index is 0.148. The second-order valence-electron chi connectivity index (χ2n) is 10.7. The Bertz CT molecular complexity index is 1340. The first-order valence-electron chi connectivity index (χ1n) is 13.0. The van der Waals surface area contributed by atoms with Gasteiger partial charge in [-0.1, -0.05) is 99.7 Å². The lowest BCUT2D eigenvalue weighted by Crippen LogP contribution is -2.68. The van der Waals surface area contributed by atoms with Gasteiger partial charge in [-0.15, -0.1) is 0 Å². The second kappa shape index (κ2) is 11.3. The van der Waals surface area contributed by atoms with Crippen LogP contribution in [0.5, 0.6) is 17.2 Å². The van der Waals surface area contributed by atoms with E-state index in [1.807, 2.05) is 6.07 Å². The van der Waals surface area contributed by atoms with Gasteiger partial charge >= 0.3 is 8.32 Å². The van der Waals surface area contributed by atoms with Crippen molar-refractivity contribution in [3.8, 4) is 17.2 Å². The molecule has 4 aromatic rings. The highest BCUT2D eigenvalue weighted by Gasteiger charge is 2.52. The first-order chi connectivity index (χ1) is 18.2. The highest BCUT2D eigenvalue weighted by atomic mass is 28.4. The van der Waals surface area contributed by atoms with Gasteiger partial charge in [-0.3, -0.25) is 0 Å². The van der Waals surface area contributed by atoms with E-state index in [0.717, 1.165) is 39.5 Å². The van der Waals surface area contributed by atoms with Gasteiger partial charge in [-0.2, -0.15) is 0 Å². The second-order valence-corrected chi connectivity index (χ2v) is 14.9. The molecule has 0 saturated carbocycles. The smallest absolute Gasteiger partial charge is 0.320 e. The molecular weight excluding hydrogens is 484 g/mol. The minimum Gasteiger partial charge on any atom is -0.531 e. The van der Waals surface area contributed by atoms with E-state index in [4.69, 9.17) is 13.9 Å². The summed E-state index contributed by atoms with van der Waals surface area (Å²) in [5.74, 6) is 2.42. The topological polar surface area (TPSA) is 27.7 Å². The SMILES string of the molecule is COc1ccc(C=Cc2cc(C)c(OC)c(C)c2)cc1O[Si](c1ccccc1)(c1ccccc1)C(C)(C)C. The van der Waals surface area contributed by atoms with Crippen LogP contribution in [0.2, 0.25) is 5.04 Å². The molecule has 0 spiro atoms. The summed E-state index contributed by atoms with van der Waals surface area (Å²) in [5.41, 5.74) is 4.42. The van der Waals surface area contributed by atoms with Crippen molar-refractivity contribution < 1.29 is 13.9 Å². The Kier molecular flexibility index (Phi) is 8.13. The van der Waals surface area contributed by atoms with Crippen molar-refractivity contribution in [2.24, 2.45) is 0 Å². The van der Waals surface area contributed by atoms with Crippen molar-refractivity contribution in [3.63, 3.8) is 0 Å². The fraction of sp³-hybridized carbons (Fsp3) is 0.235. The van der Waals surface area contributed by atoms with Gasteiger partial charge in [0.1, 0.15) is 11.5 Å². The molecule has 38 heavy (non-hydrogen) atoms. The van der Waals surface area contributed by atoms with Gasteiger partial charge in [0, 0.05) is 0 Å². The van der Waals surface area contributed by atoms with Crippen molar-refractivity contribution in [1.82, 2.24) is 0 Å². The number of methoxy groups -OCH3 is 2. The summed E-state index contributed by atoms with van der Waals surface area (Å²) in [7, 11) is 0.627. The van der Waals surface area contributed by atoms with Crippen LogP contribution in [0.3, 0.4) is 0 Å². The maximum Gasteiger partial charge on any atom is 0.320 e. The van der Waals surface area contributed by atoms with E-state index in [0.29, 0.717) is 0 Å². The molecule has 0 atom stereocenters. The summed E-state index contributed by atoms with van der Waals surface area (Å²) in [5, 5.41) is 2.31. The van der Waals surface area contributed by atoms with E-state index in [1.54, 1.807) is 14.2 Å². The van der Waals surface area contributed by atoms with Crippen molar-refractivity contribution in [2.45, 2.75) is 39.7 Å². The zero-order valence-electron chi connectivity index (χ0n) is 23.5. The van der Waals surface area contributed by atoms with Gasteiger partial charge in [-0.25, -0.2) is 0 Å². The van der Waals surface area contributed by atoms with E-state index in [1.165, 1.54) is 10.4 Å². The Hall–Kier alpha value is -3.76. The Morgan fingerprint density at radius 3 is 1.61 bits per heavy atom. The van der Waals surface area contributed by atoms with Crippen LogP contribution in [-0.4, -0.2) is 22.5 Å². The van der Waals surface area contributed by atoms with Crippen LogP contribution in [0.1, 0.15) is 43.0 Å². The quantitative estimate of drug-likeness (QED) is 0.178. The Balaban J connectivity index is 1.82. The van der Waals surface area contributed by atoms with Gasteiger partial charge in [-0.05, 0) is 75.8 Å². The number of rotatable bonds is 8. The maximum atomic E-state index is 7.29. The molecular formula is C34H38O3Si. The minimum atomic E-state index is -2.79. The van der Waals surface area contributed by atoms with Crippen LogP contribution in [0.4, 0.5) is 0 Å². The number of hydrogen-bond acceptors (Lipinski definition) is 3. The lowest BCUT2D eigenvalue weighted by atomic mass is 10.0. The molecule has 4 aromatic carbocycles. The zero-order valence-corrected chi connectivity index (χ0v) is 24.5. The van der Waals surface area contributed by atoms with Crippen LogP contribution >= 0.6 is 0 Å². The maximum absolute atomic E-state index is 7.29. The van der Waals surface area contributed by atoms with Gasteiger partial charge < -0.3 is 13.9 Å². The summed E-state index contributed by atoms with van der Waals surface area (Å²) >= 11 is 0. The monoisotopic (exact) mass is 522 g/mol. The fourth-order valence-electron chi connectivity index (χ4n) is 5.29. The van der Waals surface area contributed by atoms with Gasteiger partial charge in [0.2, 0.25) is 0 Å². The molecule has 0 radical (unpaired) electrons. The summed E-state index contributed by atoms with van der Waals surface area (Å²) in [6, 6.07) is 31.8. The van der Waals surface area contributed by atoms with Crippen LogP contribution in [0.15, 0.2) is 91.0 Å². The molecule has 0 aromatic heterocycles. The predicted molar refractivity (Wildman–Crippen MR) is 163 cm³/mol. The fourth-order valence-corrected chi connectivity index (χ4v) is 9.71. The predicted octanol–water partition coefficient (Wildman–Crippen LogP) is 7.43. The molecule has 4 heteroatoms. The highest BCUT2D eigenvalue weighted by molar-refractivity contribution is 7.00. The van der Waals surface area contributed by atoms with E-state index in [2.05, 4.69) is 132 Å². The van der Waals surface area contributed by atoms with Crippen molar-refractivity contribution in [2.75, 3.05) is 14.2 Å². The largest absolute Gasteiger partial charge is 0.531 e. The molecule has 0 fully saturated rings. The standard InChI is InChI=1S/C34H38O3Si/c1-25-22-28(23-26(2)33(25)36-7)19-18-27-20-21-31(35-6)32(24-27)37-38(34(3,4)5,29-14-10-8-11-15-29)30-16-12-9-13-17-30/h8-24H,1-7H3. The molecule has 0 aliphatic rings. The molecule has 0 bridgehead atoms. The average molecular weight is 523 g/mol. The third-order valence-electron chi connectivity index (χ3n) is 7.02. The lowest BCUT2D eigenvalue weighted by Gasteiger charge is -2.43. The number of aryl methyl sites for hydroxylation is 2. The molecule has 4 rings (SSSR count). The van der Waals surface area contributed by atoms with Gasteiger partial charge in [0.15, 0.2) is 5.75 Å². The first-order valence-corrected chi connectivity index (χ1v) is 14.9. The van der Waals surface area contributed by atoms with Crippen molar-refractivity contribution in [3.05, 3.63) is 113 Å². The first kappa shape index (κ1) is 27.3. The summed E-state index contributed by atoms with van der Waals surface area (Å²) in [6.45, 7) is 11.0. The molecule has 0 heterocycles. The zero-order chi connectivity index (χ0) is 27.3. The molecule has 0 unspecified atom stereocenters. The Morgan fingerprint density at radius 1 is 0.605 bits per heavy atom. The highest BCUT2D eigenvalue weighted by Crippen LogP contribution is 2.40. The third-order valence-corrected chi connectivity index (χ3v) is 12.0. The third kappa shape index (κ3) is 5.41. The van der Waals surface area contributed by atoms with Gasteiger partial charge in [0.05, 0.1) is 14.2 Å². The number of ether oxygens (including phenoxy) is 2. The summed E-state index contributed by atoms with van der Waals surface area (Å²) < 4.78 is 18.6. The van der Waals surface area contributed by atoms with Crippen LogP contribution in [-0.2, 0) is 0 Å². The van der Waals surface area contributed by atoms with Crippen molar-refractivity contribution >= 4 is 30.8 Å². The molecule has 196 valence electrons. The Labute approximate surface area is 228 Å². The lowest BCUT2D eigenvalue weighted by molar-refractivity contribution is 0.388. The Morgan fingerprint density at radius 2 is 1.13 bits per heavy atom. The summed E-state index contributed by atoms with van der Waals surface area (Å²) in [6.07, 6.45) is 4.26. The van der Waals surface area contributed by atoms with E-state index in [9.17, 15) is 0 Å². The van der Waals surface area contributed by atoms with Crippen LogP contribution in [0, 0.1) is 13.8 Å².